The number of hydrogen-bond acceptors (Lipinski definition) is 3. The lowest BCUT2D eigenvalue weighted by Crippen LogP contribution is -2.41. The van der Waals surface area contributed by atoms with Crippen molar-refractivity contribution < 1.29 is 14.3 Å². The number of carbonyl (C=O) groups is 2. The predicted octanol–water partition coefficient (Wildman–Crippen LogP) is 4.35. The second kappa shape index (κ2) is 7.32. The van der Waals surface area contributed by atoms with E-state index in [-0.39, 0.29) is 24.2 Å². The van der Waals surface area contributed by atoms with Gasteiger partial charge < -0.3 is 10.1 Å². The topological polar surface area (TPSA) is 55.4 Å². The van der Waals surface area contributed by atoms with E-state index in [1.165, 1.54) is 0 Å². The summed E-state index contributed by atoms with van der Waals surface area (Å²) in [7, 11) is 0. The Morgan fingerprint density at radius 3 is 2.42 bits per heavy atom. The van der Waals surface area contributed by atoms with Gasteiger partial charge in [0, 0.05) is 18.0 Å². The minimum Gasteiger partial charge on any atom is -0.444 e. The van der Waals surface area contributed by atoms with Crippen molar-refractivity contribution in [2.24, 2.45) is 5.92 Å². The lowest BCUT2D eigenvalue weighted by atomic mass is 9.72. The molecule has 2 aromatic carbocycles. The average molecular weight is 351 g/mol. The fourth-order valence-electron chi connectivity index (χ4n) is 3.49. The summed E-state index contributed by atoms with van der Waals surface area (Å²) in [5.74, 6) is -0.190. The Hall–Kier alpha value is -2.62. The zero-order valence-corrected chi connectivity index (χ0v) is 15.5. The number of hydrogen-bond donors (Lipinski definition) is 1. The van der Waals surface area contributed by atoms with Crippen LogP contribution in [0.4, 0.5) is 4.79 Å². The van der Waals surface area contributed by atoms with E-state index in [0.29, 0.717) is 0 Å². The first-order valence-electron chi connectivity index (χ1n) is 8.99. The van der Waals surface area contributed by atoms with Crippen molar-refractivity contribution in [2.75, 3.05) is 6.54 Å². The normalized spacial score (nSPS) is 19.6. The highest BCUT2D eigenvalue weighted by Crippen LogP contribution is 2.36. The number of amides is 1. The summed E-state index contributed by atoms with van der Waals surface area (Å²) in [4.78, 5) is 25.2. The lowest BCUT2D eigenvalue weighted by molar-refractivity contribution is 0.0514. The third kappa shape index (κ3) is 4.13. The first-order chi connectivity index (χ1) is 12.3. The van der Waals surface area contributed by atoms with E-state index in [0.717, 1.165) is 23.1 Å². The molecular weight excluding hydrogens is 326 g/mol. The highest BCUT2D eigenvalue weighted by molar-refractivity contribution is 6.01. The van der Waals surface area contributed by atoms with E-state index in [1.807, 2.05) is 75.4 Å². The molecule has 4 nitrogen and oxygen atoms in total. The molecule has 2 aromatic rings. The molecule has 0 bridgehead atoms. The van der Waals surface area contributed by atoms with Gasteiger partial charge in [-0.15, -0.1) is 0 Å². The van der Waals surface area contributed by atoms with Crippen LogP contribution in [0.15, 0.2) is 54.6 Å². The van der Waals surface area contributed by atoms with Crippen LogP contribution in [0.5, 0.6) is 0 Å². The summed E-state index contributed by atoms with van der Waals surface area (Å²) in [6.07, 6.45) is 0.294. The molecule has 0 radical (unpaired) electrons. The number of Topliss-reactive ketones (excluding diaryl/α,β-unsaturated/α-hetero) is 1. The number of ether oxygens (including phenoxy) is 1. The summed E-state index contributed by atoms with van der Waals surface area (Å²) in [6.45, 7) is 5.73. The number of fused-ring (bicyclic) bond motifs is 1. The first-order valence-corrected chi connectivity index (χ1v) is 8.99. The molecule has 0 unspecified atom stereocenters. The molecule has 0 heterocycles. The molecule has 0 fully saturated rings. The molecular formula is C22H25NO3. The Labute approximate surface area is 154 Å². The molecule has 3 rings (SSSR count). The van der Waals surface area contributed by atoms with Crippen LogP contribution in [0, 0.1) is 5.92 Å². The second-order valence-electron chi connectivity index (χ2n) is 7.73. The van der Waals surface area contributed by atoms with E-state index in [4.69, 9.17) is 4.74 Å². The third-order valence-electron chi connectivity index (χ3n) is 4.64. The van der Waals surface area contributed by atoms with Gasteiger partial charge in [-0.2, -0.15) is 0 Å². The fourth-order valence-corrected chi connectivity index (χ4v) is 3.49. The number of benzene rings is 2. The fraction of sp³-hybridized carbons (Fsp3) is 0.364. The van der Waals surface area contributed by atoms with Crippen LogP contribution in [0.2, 0.25) is 0 Å². The van der Waals surface area contributed by atoms with Gasteiger partial charge in [-0.1, -0.05) is 54.6 Å². The molecule has 1 aliphatic rings. The summed E-state index contributed by atoms with van der Waals surface area (Å²) in [5, 5.41) is 2.79. The Kier molecular flexibility index (Phi) is 5.12. The maximum atomic E-state index is 13.1. The molecule has 26 heavy (non-hydrogen) atoms. The van der Waals surface area contributed by atoms with E-state index < -0.39 is 11.7 Å². The Morgan fingerprint density at radius 1 is 1.08 bits per heavy atom. The third-order valence-corrected chi connectivity index (χ3v) is 4.64. The van der Waals surface area contributed by atoms with Gasteiger partial charge in [0.2, 0.25) is 0 Å². The molecule has 0 spiro atoms. The Balaban J connectivity index is 1.84. The predicted molar refractivity (Wildman–Crippen MR) is 101 cm³/mol. The van der Waals surface area contributed by atoms with Crippen LogP contribution in [0.3, 0.4) is 0 Å². The summed E-state index contributed by atoms with van der Waals surface area (Å²) < 4.78 is 5.31. The molecule has 2 atom stereocenters. The molecule has 0 saturated carbocycles. The minimum absolute atomic E-state index is 0.0357. The summed E-state index contributed by atoms with van der Waals surface area (Å²) in [6, 6.07) is 17.8. The van der Waals surface area contributed by atoms with Gasteiger partial charge >= 0.3 is 6.09 Å². The van der Waals surface area contributed by atoms with Crippen LogP contribution in [0.25, 0.3) is 0 Å². The maximum absolute atomic E-state index is 13.1. The highest BCUT2D eigenvalue weighted by atomic mass is 16.6. The van der Waals surface area contributed by atoms with E-state index in [1.54, 1.807) is 0 Å². The highest BCUT2D eigenvalue weighted by Gasteiger charge is 2.36. The van der Waals surface area contributed by atoms with E-state index in [9.17, 15) is 9.59 Å². The summed E-state index contributed by atoms with van der Waals surface area (Å²) in [5.41, 5.74) is 2.38. The average Bonchev–Trinajstić information content (AvgIpc) is 2.60. The molecule has 1 amide bonds. The molecule has 0 aromatic heterocycles. The van der Waals surface area contributed by atoms with Gasteiger partial charge in [-0.05, 0) is 44.2 Å². The van der Waals surface area contributed by atoms with Gasteiger partial charge in [-0.25, -0.2) is 4.79 Å². The van der Waals surface area contributed by atoms with Gasteiger partial charge in [0.25, 0.3) is 0 Å². The molecule has 1 aliphatic carbocycles. The quantitative estimate of drug-likeness (QED) is 0.894. The largest absolute Gasteiger partial charge is 0.444 e. The van der Waals surface area contributed by atoms with Crippen molar-refractivity contribution in [2.45, 2.75) is 38.7 Å². The van der Waals surface area contributed by atoms with Gasteiger partial charge in [0.1, 0.15) is 5.60 Å². The SMILES string of the molecule is CC(C)(C)OC(=O)NC[C@@H]1C(=O)c2ccccc2C[C@H]1c1ccccc1. The molecule has 4 heteroatoms. The molecule has 1 N–H and O–H groups in total. The maximum Gasteiger partial charge on any atom is 0.407 e. The number of alkyl carbamates (subject to hydrolysis) is 1. The number of nitrogens with one attached hydrogen (secondary N) is 1. The minimum atomic E-state index is -0.563. The van der Waals surface area contributed by atoms with Crippen LogP contribution in [-0.4, -0.2) is 24.0 Å². The van der Waals surface area contributed by atoms with Crippen molar-refractivity contribution >= 4 is 11.9 Å². The molecule has 0 aliphatic heterocycles. The van der Waals surface area contributed by atoms with E-state index >= 15 is 0 Å². The first kappa shape index (κ1) is 18.2. The van der Waals surface area contributed by atoms with Crippen molar-refractivity contribution in [3.63, 3.8) is 0 Å². The monoisotopic (exact) mass is 351 g/mol. The molecule has 136 valence electrons. The Bertz CT molecular complexity index is 793. The van der Waals surface area contributed by atoms with Gasteiger partial charge in [0.15, 0.2) is 5.78 Å². The smallest absolute Gasteiger partial charge is 0.407 e. The molecule has 0 saturated heterocycles. The van der Waals surface area contributed by atoms with Crippen molar-refractivity contribution in [3.05, 3.63) is 71.3 Å². The zero-order valence-electron chi connectivity index (χ0n) is 15.5. The number of ketones is 1. The second-order valence-corrected chi connectivity index (χ2v) is 7.73. The van der Waals surface area contributed by atoms with Crippen LogP contribution in [0.1, 0.15) is 48.2 Å². The van der Waals surface area contributed by atoms with Crippen molar-refractivity contribution in [1.82, 2.24) is 5.32 Å². The van der Waals surface area contributed by atoms with Crippen LogP contribution >= 0.6 is 0 Å². The van der Waals surface area contributed by atoms with Crippen molar-refractivity contribution in [3.8, 4) is 0 Å². The van der Waals surface area contributed by atoms with E-state index in [2.05, 4.69) is 5.32 Å². The van der Waals surface area contributed by atoms with Crippen molar-refractivity contribution in [1.29, 1.82) is 0 Å². The standard InChI is InChI=1S/C22H25NO3/c1-22(2,3)26-21(25)23-14-19-18(15-9-5-4-6-10-15)13-16-11-7-8-12-17(16)20(19)24/h4-12,18-19H,13-14H2,1-3H3,(H,23,25)/t18-,19-/m0/s1. The van der Waals surface area contributed by atoms with Gasteiger partial charge in [0.05, 0.1) is 0 Å². The number of carbonyl (C=O) groups excluding carboxylic acids is 2. The Morgan fingerprint density at radius 2 is 1.73 bits per heavy atom. The summed E-state index contributed by atoms with van der Waals surface area (Å²) >= 11 is 0. The van der Waals surface area contributed by atoms with Gasteiger partial charge in [-0.3, -0.25) is 4.79 Å². The zero-order chi connectivity index (χ0) is 18.7. The lowest BCUT2D eigenvalue weighted by Gasteiger charge is -2.32. The van der Waals surface area contributed by atoms with Crippen LogP contribution < -0.4 is 5.32 Å². The van der Waals surface area contributed by atoms with Crippen LogP contribution in [-0.2, 0) is 11.2 Å². The number of rotatable bonds is 3.